The molecule has 0 bridgehead atoms. The highest BCUT2D eigenvalue weighted by Crippen LogP contribution is 2.24. The van der Waals surface area contributed by atoms with E-state index in [9.17, 15) is 18.0 Å². The van der Waals surface area contributed by atoms with Crippen LogP contribution >= 0.6 is 0 Å². The molecule has 0 atom stereocenters. The molecule has 112 valence electrons. The number of alkyl halides is 3. The number of ether oxygens (including phenoxy) is 2. The van der Waals surface area contributed by atoms with Crippen molar-refractivity contribution < 1.29 is 32.5 Å². The summed E-state index contributed by atoms with van der Waals surface area (Å²) in [4.78, 5) is 12.0. The molecule has 0 unspecified atom stereocenters. The maximum atomic E-state index is 11.9. The maximum absolute atomic E-state index is 11.9. The summed E-state index contributed by atoms with van der Waals surface area (Å²) >= 11 is 0. The van der Waals surface area contributed by atoms with Gasteiger partial charge in [0.2, 0.25) is 0 Å². The summed E-state index contributed by atoms with van der Waals surface area (Å²) in [6.45, 7) is 0.498. The lowest BCUT2D eigenvalue weighted by Crippen LogP contribution is -2.29. The largest absolute Gasteiger partial charge is 0.573 e. The zero-order valence-electron chi connectivity index (χ0n) is 10.7. The highest BCUT2D eigenvalue weighted by Gasteiger charge is 2.30. The van der Waals surface area contributed by atoms with E-state index in [1.54, 1.807) is 11.9 Å². The highest BCUT2D eigenvalue weighted by atomic mass is 19.4. The number of aliphatic carboxylic acids is 1. The van der Waals surface area contributed by atoms with Crippen LogP contribution in [0.5, 0.6) is 11.5 Å². The second-order valence-corrected chi connectivity index (χ2v) is 4.00. The van der Waals surface area contributed by atoms with E-state index in [2.05, 4.69) is 4.74 Å². The maximum Gasteiger partial charge on any atom is 0.573 e. The zero-order valence-corrected chi connectivity index (χ0v) is 10.7. The molecule has 1 N–H and O–H groups in total. The van der Waals surface area contributed by atoms with Crippen LogP contribution in [0.15, 0.2) is 24.3 Å². The lowest BCUT2D eigenvalue weighted by Gasteiger charge is -2.14. The fourth-order valence-electron chi connectivity index (χ4n) is 1.37. The van der Waals surface area contributed by atoms with Crippen molar-refractivity contribution in [3.8, 4) is 11.5 Å². The number of hydrogen-bond acceptors (Lipinski definition) is 4. The first kappa shape index (κ1) is 16.1. The fourth-order valence-corrected chi connectivity index (χ4v) is 1.37. The van der Waals surface area contributed by atoms with Crippen LogP contribution in [0.3, 0.4) is 0 Å². The van der Waals surface area contributed by atoms with E-state index < -0.39 is 12.3 Å². The van der Waals surface area contributed by atoms with Gasteiger partial charge in [0, 0.05) is 6.54 Å². The number of carbonyl (C=O) groups is 1. The van der Waals surface area contributed by atoms with E-state index in [0.717, 1.165) is 12.1 Å². The van der Waals surface area contributed by atoms with Crippen LogP contribution in [0.4, 0.5) is 13.2 Å². The standard InChI is InChI=1S/C12H14F3NO4/c1-16(8-11(17)18)6-7-19-9-2-4-10(5-3-9)20-12(13,14)15/h2-5H,6-8H2,1H3,(H,17,18). The van der Waals surface area contributed by atoms with Gasteiger partial charge in [0.05, 0.1) is 6.54 Å². The van der Waals surface area contributed by atoms with Gasteiger partial charge in [0.15, 0.2) is 0 Å². The van der Waals surface area contributed by atoms with Gasteiger partial charge in [-0.1, -0.05) is 0 Å². The SMILES string of the molecule is CN(CCOc1ccc(OC(F)(F)F)cc1)CC(=O)O. The second kappa shape index (κ2) is 6.99. The molecule has 0 amide bonds. The summed E-state index contributed by atoms with van der Waals surface area (Å²) in [6, 6.07) is 4.98. The molecular weight excluding hydrogens is 279 g/mol. The van der Waals surface area contributed by atoms with E-state index in [1.165, 1.54) is 12.1 Å². The Hall–Kier alpha value is -1.96. The number of rotatable bonds is 7. The van der Waals surface area contributed by atoms with Crippen molar-refractivity contribution in [3.63, 3.8) is 0 Å². The Kier molecular flexibility index (Phi) is 5.63. The predicted octanol–water partition coefficient (Wildman–Crippen LogP) is 1.98. The van der Waals surface area contributed by atoms with Gasteiger partial charge in [-0.3, -0.25) is 9.69 Å². The third-order valence-corrected chi connectivity index (χ3v) is 2.20. The van der Waals surface area contributed by atoms with E-state index in [1.807, 2.05) is 0 Å². The van der Waals surface area contributed by atoms with Crippen molar-refractivity contribution in [2.75, 3.05) is 26.7 Å². The molecule has 1 aromatic carbocycles. The minimum atomic E-state index is -4.72. The van der Waals surface area contributed by atoms with Gasteiger partial charge in [-0.15, -0.1) is 13.2 Å². The minimum absolute atomic E-state index is 0.109. The van der Waals surface area contributed by atoms with Gasteiger partial charge >= 0.3 is 12.3 Å². The molecule has 0 heterocycles. The van der Waals surface area contributed by atoms with Crippen LogP contribution in [-0.2, 0) is 4.79 Å². The second-order valence-electron chi connectivity index (χ2n) is 4.00. The quantitative estimate of drug-likeness (QED) is 0.833. The Morgan fingerprint density at radius 2 is 1.80 bits per heavy atom. The topological polar surface area (TPSA) is 59.0 Å². The van der Waals surface area contributed by atoms with Crippen molar-refractivity contribution in [1.29, 1.82) is 0 Å². The molecule has 0 aliphatic carbocycles. The molecule has 0 aliphatic heterocycles. The summed E-state index contributed by atoms with van der Waals surface area (Å²) < 4.78 is 44.8. The predicted molar refractivity (Wildman–Crippen MR) is 63.8 cm³/mol. The average Bonchev–Trinajstić information content (AvgIpc) is 2.28. The molecule has 0 aromatic heterocycles. The Bertz CT molecular complexity index is 433. The summed E-state index contributed by atoms with van der Waals surface area (Å²) in [5.41, 5.74) is 0. The van der Waals surface area contributed by atoms with Gasteiger partial charge in [-0.05, 0) is 31.3 Å². The lowest BCUT2D eigenvalue weighted by molar-refractivity contribution is -0.274. The molecule has 5 nitrogen and oxygen atoms in total. The summed E-state index contributed by atoms with van der Waals surface area (Å²) in [5.74, 6) is -0.891. The molecule has 0 aliphatic rings. The van der Waals surface area contributed by atoms with Crippen LogP contribution in [0.1, 0.15) is 0 Å². The molecular formula is C12H14F3NO4. The molecule has 0 saturated heterocycles. The van der Waals surface area contributed by atoms with Crippen LogP contribution in [-0.4, -0.2) is 49.1 Å². The molecule has 0 fully saturated rings. The van der Waals surface area contributed by atoms with Crippen molar-refractivity contribution in [2.45, 2.75) is 6.36 Å². The number of benzene rings is 1. The number of nitrogens with zero attached hydrogens (tertiary/aromatic N) is 1. The van der Waals surface area contributed by atoms with Crippen LogP contribution in [0.25, 0.3) is 0 Å². The average molecular weight is 293 g/mol. The third-order valence-electron chi connectivity index (χ3n) is 2.20. The van der Waals surface area contributed by atoms with E-state index in [0.29, 0.717) is 12.3 Å². The molecule has 1 aromatic rings. The van der Waals surface area contributed by atoms with Crippen molar-refractivity contribution >= 4 is 5.97 Å². The van der Waals surface area contributed by atoms with Crippen LogP contribution in [0.2, 0.25) is 0 Å². The van der Waals surface area contributed by atoms with Crippen molar-refractivity contribution in [2.24, 2.45) is 0 Å². The first-order chi connectivity index (χ1) is 9.26. The number of hydrogen-bond donors (Lipinski definition) is 1. The summed E-state index contributed by atoms with van der Waals surface area (Å²) in [7, 11) is 1.62. The molecule has 20 heavy (non-hydrogen) atoms. The lowest BCUT2D eigenvalue weighted by atomic mass is 10.3. The summed E-state index contributed by atoms with van der Waals surface area (Å²) in [6.07, 6.45) is -4.72. The normalized spacial score (nSPS) is 11.4. The first-order valence-corrected chi connectivity index (χ1v) is 5.65. The minimum Gasteiger partial charge on any atom is -0.492 e. The molecule has 1 rings (SSSR count). The van der Waals surface area contributed by atoms with Gasteiger partial charge < -0.3 is 14.6 Å². The number of carboxylic acid groups (broad SMARTS) is 1. The number of likely N-dealkylation sites (N-methyl/N-ethyl adjacent to an activating group) is 1. The Morgan fingerprint density at radius 1 is 1.25 bits per heavy atom. The number of carboxylic acids is 1. The van der Waals surface area contributed by atoms with Gasteiger partial charge in [-0.2, -0.15) is 0 Å². The molecule has 0 spiro atoms. The van der Waals surface area contributed by atoms with Crippen LogP contribution < -0.4 is 9.47 Å². The zero-order chi connectivity index (χ0) is 15.2. The van der Waals surface area contributed by atoms with Gasteiger partial charge in [-0.25, -0.2) is 0 Å². The smallest absolute Gasteiger partial charge is 0.492 e. The Labute approximate surface area is 113 Å². The first-order valence-electron chi connectivity index (χ1n) is 5.65. The van der Waals surface area contributed by atoms with Crippen molar-refractivity contribution in [1.82, 2.24) is 4.90 Å². The third kappa shape index (κ3) is 6.83. The molecule has 0 saturated carbocycles. The molecule has 0 radical (unpaired) electrons. The molecule has 8 heteroatoms. The van der Waals surface area contributed by atoms with Gasteiger partial charge in [0.1, 0.15) is 18.1 Å². The number of halogens is 3. The monoisotopic (exact) mass is 293 g/mol. The Morgan fingerprint density at radius 3 is 2.30 bits per heavy atom. The van der Waals surface area contributed by atoms with Gasteiger partial charge in [0.25, 0.3) is 0 Å². The van der Waals surface area contributed by atoms with E-state index in [4.69, 9.17) is 9.84 Å². The fraction of sp³-hybridized carbons (Fsp3) is 0.417. The Balaban J connectivity index is 2.37. The highest BCUT2D eigenvalue weighted by molar-refractivity contribution is 5.68. The van der Waals surface area contributed by atoms with Crippen LogP contribution in [0, 0.1) is 0 Å². The van der Waals surface area contributed by atoms with E-state index in [-0.39, 0.29) is 18.9 Å². The van der Waals surface area contributed by atoms with E-state index >= 15 is 0 Å². The summed E-state index contributed by atoms with van der Waals surface area (Å²) in [5, 5.41) is 8.54. The van der Waals surface area contributed by atoms with Crippen molar-refractivity contribution in [3.05, 3.63) is 24.3 Å².